The Morgan fingerprint density at radius 1 is 1.10 bits per heavy atom. The Kier molecular flexibility index (Phi) is 8.15. The number of carbonyl (C=O) groups is 1. The van der Waals surface area contributed by atoms with Gasteiger partial charge < -0.3 is 15.1 Å². The van der Waals surface area contributed by atoms with Gasteiger partial charge in [-0.3, -0.25) is 4.79 Å². The van der Waals surface area contributed by atoms with Crippen molar-refractivity contribution in [2.24, 2.45) is 11.8 Å². The summed E-state index contributed by atoms with van der Waals surface area (Å²) in [6.07, 6.45) is 2.12. The molecule has 1 rings (SSSR count). The molecule has 0 spiro atoms. The van der Waals surface area contributed by atoms with Gasteiger partial charge in [-0.15, -0.1) is 0 Å². The molecule has 0 radical (unpaired) electrons. The Hall–Kier alpha value is -0.610. The Bertz CT molecular complexity index is 279. The molecule has 2 atom stereocenters. The zero-order valence-corrected chi connectivity index (χ0v) is 13.8. The zero-order chi connectivity index (χ0) is 15.0. The summed E-state index contributed by atoms with van der Waals surface area (Å²) < 4.78 is 0. The first kappa shape index (κ1) is 17.4. The van der Waals surface area contributed by atoms with Gasteiger partial charge in [-0.25, -0.2) is 0 Å². The van der Waals surface area contributed by atoms with E-state index in [4.69, 9.17) is 0 Å². The van der Waals surface area contributed by atoms with Gasteiger partial charge in [0, 0.05) is 19.6 Å². The molecule has 2 unspecified atom stereocenters. The molecule has 1 saturated heterocycles. The summed E-state index contributed by atoms with van der Waals surface area (Å²) in [6, 6.07) is 0. The molecule has 1 aliphatic rings. The van der Waals surface area contributed by atoms with Crippen LogP contribution in [-0.2, 0) is 4.79 Å². The lowest BCUT2D eigenvalue weighted by Gasteiger charge is -2.32. The Labute approximate surface area is 124 Å². The summed E-state index contributed by atoms with van der Waals surface area (Å²) in [6.45, 7) is 15.6. The fourth-order valence-electron chi connectivity index (χ4n) is 3.05. The number of nitrogens with one attached hydrogen (secondary N) is 1. The van der Waals surface area contributed by atoms with E-state index >= 15 is 0 Å². The maximum atomic E-state index is 12.6. The zero-order valence-electron chi connectivity index (χ0n) is 13.8. The molecular formula is C16H33N3O. The molecular weight excluding hydrogens is 250 g/mol. The van der Waals surface area contributed by atoms with Gasteiger partial charge in [0.25, 0.3) is 0 Å². The fourth-order valence-corrected chi connectivity index (χ4v) is 3.05. The van der Waals surface area contributed by atoms with Gasteiger partial charge in [0.15, 0.2) is 0 Å². The van der Waals surface area contributed by atoms with Gasteiger partial charge >= 0.3 is 0 Å². The quantitative estimate of drug-likeness (QED) is 0.738. The lowest BCUT2D eigenvalue weighted by Crippen LogP contribution is -2.45. The second-order valence-corrected chi connectivity index (χ2v) is 5.99. The summed E-state index contributed by atoms with van der Waals surface area (Å²) in [5, 5.41) is 3.38. The van der Waals surface area contributed by atoms with E-state index in [2.05, 4.69) is 37.9 Å². The number of carbonyl (C=O) groups excluding carboxylic acids is 1. The SMILES string of the molecule is CCN(CC)CCCN(CC)C(=O)C1CNCC(C)C1. The maximum Gasteiger partial charge on any atom is 0.226 e. The molecule has 0 saturated carbocycles. The normalized spacial score (nSPS) is 23.1. The summed E-state index contributed by atoms with van der Waals surface area (Å²) in [5.41, 5.74) is 0. The lowest BCUT2D eigenvalue weighted by molar-refractivity contribution is -0.136. The van der Waals surface area contributed by atoms with Crippen LogP contribution in [0.25, 0.3) is 0 Å². The largest absolute Gasteiger partial charge is 0.343 e. The Morgan fingerprint density at radius 3 is 2.35 bits per heavy atom. The fraction of sp³-hybridized carbons (Fsp3) is 0.938. The van der Waals surface area contributed by atoms with Crippen molar-refractivity contribution in [3.05, 3.63) is 0 Å². The molecule has 4 nitrogen and oxygen atoms in total. The van der Waals surface area contributed by atoms with Crippen molar-refractivity contribution >= 4 is 5.91 Å². The van der Waals surface area contributed by atoms with Gasteiger partial charge in [-0.2, -0.15) is 0 Å². The molecule has 0 aromatic rings. The molecule has 20 heavy (non-hydrogen) atoms. The minimum Gasteiger partial charge on any atom is -0.343 e. The van der Waals surface area contributed by atoms with Crippen LogP contribution in [0.1, 0.15) is 40.5 Å². The number of hydrogen-bond acceptors (Lipinski definition) is 3. The van der Waals surface area contributed by atoms with Crippen LogP contribution in [0.2, 0.25) is 0 Å². The van der Waals surface area contributed by atoms with E-state index in [9.17, 15) is 4.79 Å². The molecule has 0 aromatic heterocycles. The molecule has 1 fully saturated rings. The third-order valence-electron chi connectivity index (χ3n) is 4.41. The Balaban J connectivity index is 2.38. The van der Waals surface area contributed by atoms with E-state index < -0.39 is 0 Å². The van der Waals surface area contributed by atoms with Crippen molar-refractivity contribution in [2.45, 2.75) is 40.5 Å². The van der Waals surface area contributed by atoms with Crippen LogP contribution in [0, 0.1) is 11.8 Å². The van der Waals surface area contributed by atoms with Crippen molar-refractivity contribution in [3.63, 3.8) is 0 Å². The highest BCUT2D eigenvalue weighted by atomic mass is 16.2. The van der Waals surface area contributed by atoms with Gasteiger partial charge in [-0.05, 0) is 51.9 Å². The van der Waals surface area contributed by atoms with E-state index in [0.717, 1.165) is 58.7 Å². The molecule has 118 valence electrons. The number of amides is 1. The topological polar surface area (TPSA) is 35.6 Å². The lowest BCUT2D eigenvalue weighted by atomic mass is 9.91. The molecule has 4 heteroatoms. The predicted molar refractivity (Wildman–Crippen MR) is 84.8 cm³/mol. The smallest absolute Gasteiger partial charge is 0.226 e. The van der Waals surface area contributed by atoms with Gasteiger partial charge in [-0.1, -0.05) is 20.8 Å². The molecule has 1 amide bonds. The molecule has 1 heterocycles. The van der Waals surface area contributed by atoms with Crippen LogP contribution in [0.3, 0.4) is 0 Å². The van der Waals surface area contributed by atoms with Crippen molar-refractivity contribution in [2.75, 3.05) is 45.8 Å². The predicted octanol–water partition coefficient (Wildman–Crippen LogP) is 1.81. The van der Waals surface area contributed by atoms with Crippen LogP contribution >= 0.6 is 0 Å². The standard InChI is InChI=1S/C16H33N3O/c1-5-18(6-2)9-8-10-19(7-3)16(20)15-11-14(4)12-17-13-15/h14-15,17H,5-13H2,1-4H3. The van der Waals surface area contributed by atoms with E-state index in [0.29, 0.717) is 11.8 Å². The van der Waals surface area contributed by atoms with Crippen molar-refractivity contribution in [1.29, 1.82) is 0 Å². The summed E-state index contributed by atoms with van der Waals surface area (Å²) >= 11 is 0. The number of piperidine rings is 1. The summed E-state index contributed by atoms with van der Waals surface area (Å²) in [5.74, 6) is 1.16. The molecule has 0 aromatic carbocycles. The monoisotopic (exact) mass is 283 g/mol. The second kappa shape index (κ2) is 9.35. The number of nitrogens with zero attached hydrogens (tertiary/aromatic N) is 2. The number of hydrogen-bond donors (Lipinski definition) is 1. The highest BCUT2D eigenvalue weighted by molar-refractivity contribution is 5.79. The average molecular weight is 283 g/mol. The maximum absolute atomic E-state index is 12.6. The molecule has 0 aliphatic carbocycles. The minimum atomic E-state index is 0.187. The summed E-state index contributed by atoms with van der Waals surface area (Å²) in [4.78, 5) is 17.0. The van der Waals surface area contributed by atoms with E-state index in [1.165, 1.54) is 0 Å². The van der Waals surface area contributed by atoms with Crippen molar-refractivity contribution in [1.82, 2.24) is 15.1 Å². The molecule has 0 bridgehead atoms. The third-order valence-corrected chi connectivity index (χ3v) is 4.41. The first-order valence-corrected chi connectivity index (χ1v) is 8.34. The molecule has 1 aliphatic heterocycles. The first-order valence-electron chi connectivity index (χ1n) is 8.34. The number of rotatable bonds is 8. The van der Waals surface area contributed by atoms with E-state index in [-0.39, 0.29) is 5.92 Å². The van der Waals surface area contributed by atoms with Crippen LogP contribution in [0.5, 0.6) is 0 Å². The van der Waals surface area contributed by atoms with Crippen LogP contribution in [0.4, 0.5) is 0 Å². The highest BCUT2D eigenvalue weighted by Gasteiger charge is 2.27. The third kappa shape index (κ3) is 5.41. The van der Waals surface area contributed by atoms with Crippen LogP contribution in [0.15, 0.2) is 0 Å². The second-order valence-electron chi connectivity index (χ2n) is 5.99. The van der Waals surface area contributed by atoms with Crippen LogP contribution < -0.4 is 5.32 Å². The Morgan fingerprint density at radius 2 is 1.80 bits per heavy atom. The van der Waals surface area contributed by atoms with Crippen molar-refractivity contribution in [3.8, 4) is 0 Å². The first-order chi connectivity index (χ1) is 9.62. The van der Waals surface area contributed by atoms with Crippen molar-refractivity contribution < 1.29 is 4.79 Å². The van der Waals surface area contributed by atoms with E-state index in [1.807, 2.05) is 4.90 Å². The van der Waals surface area contributed by atoms with E-state index in [1.54, 1.807) is 0 Å². The average Bonchev–Trinajstić information content (AvgIpc) is 2.47. The molecule has 1 N–H and O–H groups in total. The summed E-state index contributed by atoms with van der Waals surface area (Å²) in [7, 11) is 0. The van der Waals surface area contributed by atoms with Gasteiger partial charge in [0.2, 0.25) is 5.91 Å². The minimum absolute atomic E-state index is 0.187. The van der Waals surface area contributed by atoms with Gasteiger partial charge in [0.1, 0.15) is 0 Å². The van der Waals surface area contributed by atoms with Gasteiger partial charge in [0.05, 0.1) is 5.92 Å². The highest BCUT2D eigenvalue weighted by Crippen LogP contribution is 2.18. The van der Waals surface area contributed by atoms with Crippen LogP contribution in [-0.4, -0.2) is 61.5 Å².